The standard InChI is InChI=1S/C11H15BrClN3/c1-16(5-4-14-9-2-3-9)11-10(13)6-8(12)7-15-11/h6-7,9,14H,2-5H2,1H3. The van der Waals surface area contributed by atoms with Crippen LogP contribution in [0, 0.1) is 0 Å². The average molecular weight is 305 g/mol. The van der Waals surface area contributed by atoms with E-state index in [0.29, 0.717) is 5.02 Å². The molecule has 1 aliphatic rings. The lowest BCUT2D eigenvalue weighted by molar-refractivity contribution is 0.673. The molecular formula is C11H15BrClN3. The Kier molecular flexibility index (Phi) is 4.05. The third kappa shape index (κ3) is 3.34. The highest BCUT2D eigenvalue weighted by Gasteiger charge is 2.20. The topological polar surface area (TPSA) is 28.2 Å². The Hall–Kier alpha value is -0.320. The van der Waals surface area contributed by atoms with Crippen molar-refractivity contribution < 1.29 is 0 Å². The Bertz CT molecular complexity index is 368. The summed E-state index contributed by atoms with van der Waals surface area (Å²) in [5, 5.41) is 4.15. The van der Waals surface area contributed by atoms with Crippen LogP contribution >= 0.6 is 27.5 Å². The van der Waals surface area contributed by atoms with E-state index < -0.39 is 0 Å². The van der Waals surface area contributed by atoms with Gasteiger partial charge in [0, 0.05) is 36.8 Å². The van der Waals surface area contributed by atoms with E-state index in [0.717, 1.165) is 29.4 Å². The van der Waals surface area contributed by atoms with Gasteiger partial charge >= 0.3 is 0 Å². The van der Waals surface area contributed by atoms with E-state index in [-0.39, 0.29) is 0 Å². The number of anilines is 1. The lowest BCUT2D eigenvalue weighted by Crippen LogP contribution is -2.30. The molecule has 88 valence electrons. The average Bonchev–Trinajstić information content (AvgIpc) is 3.01. The van der Waals surface area contributed by atoms with Gasteiger partial charge < -0.3 is 10.2 Å². The molecule has 0 aromatic carbocycles. The van der Waals surface area contributed by atoms with E-state index in [4.69, 9.17) is 11.6 Å². The summed E-state index contributed by atoms with van der Waals surface area (Å²) in [6.45, 7) is 1.90. The summed E-state index contributed by atoms with van der Waals surface area (Å²) in [6.07, 6.45) is 4.41. The quantitative estimate of drug-likeness (QED) is 0.906. The second-order valence-electron chi connectivity index (χ2n) is 4.11. The van der Waals surface area contributed by atoms with E-state index in [1.807, 2.05) is 13.1 Å². The van der Waals surface area contributed by atoms with E-state index in [1.165, 1.54) is 12.8 Å². The maximum atomic E-state index is 6.12. The Morgan fingerprint density at radius 2 is 2.38 bits per heavy atom. The van der Waals surface area contributed by atoms with Gasteiger partial charge in [-0.15, -0.1) is 0 Å². The zero-order valence-corrected chi connectivity index (χ0v) is 11.6. The number of likely N-dealkylation sites (N-methyl/N-ethyl adjacent to an activating group) is 1. The molecular weight excluding hydrogens is 289 g/mol. The lowest BCUT2D eigenvalue weighted by Gasteiger charge is -2.19. The molecule has 3 nitrogen and oxygen atoms in total. The van der Waals surface area contributed by atoms with E-state index in [9.17, 15) is 0 Å². The monoisotopic (exact) mass is 303 g/mol. The minimum Gasteiger partial charge on any atom is -0.357 e. The summed E-state index contributed by atoms with van der Waals surface area (Å²) in [4.78, 5) is 6.38. The Morgan fingerprint density at radius 1 is 1.62 bits per heavy atom. The van der Waals surface area contributed by atoms with Crippen molar-refractivity contribution in [1.82, 2.24) is 10.3 Å². The largest absolute Gasteiger partial charge is 0.357 e. The van der Waals surface area contributed by atoms with Crippen LogP contribution in [-0.2, 0) is 0 Å². The minimum absolute atomic E-state index is 0.684. The highest BCUT2D eigenvalue weighted by atomic mass is 79.9. The van der Waals surface area contributed by atoms with Crippen LogP contribution < -0.4 is 10.2 Å². The molecule has 0 unspecified atom stereocenters. The third-order valence-corrected chi connectivity index (χ3v) is 3.32. The molecule has 1 heterocycles. The first-order valence-electron chi connectivity index (χ1n) is 5.42. The summed E-state index contributed by atoms with van der Waals surface area (Å²) in [6, 6.07) is 2.62. The van der Waals surface area contributed by atoms with Gasteiger partial charge in [0.2, 0.25) is 0 Å². The van der Waals surface area contributed by atoms with Crippen LogP contribution in [0.25, 0.3) is 0 Å². The predicted molar refractivity (Wildman–Crippen MR) is 71.2 cm³/mol. The molecule has 1 aromatic rings. The number of halogens is 2. The minimum atomic E-state index is 0.684. The molecule has 5 heteroatoms. The molecule has 2 rings (SSSR count). The van der Waals surface area contributed by atoms with Crippen LogP contribution in [0.15, 0.2) is 16.7 Å². The molecule has 1 aliphatic carbocycles. The van der Waals surface area contributed by atoms with Gasteiger partial charge in [0.25, 0.3) is 0 Å². The number of nitrogens with one attached hydrogen (secondary N) is 1. The highest BCUT2D eigenvalue weighted by molar-refractivity contribution is 9.10. The molecule has 0 bridgehead atoms. The fourth-order valence-electron chi connectivity index (χ4n) is 1.52. The van der Waals surface area contributed by atoms with Crippen molar-refractivity contribution in [2.24, 2.45) is 0 Å². The maximum absolute atomic E-state index is 6.12. The molecule has 0 radical (unpaired) electrons. The van der Waals surface area contributed by atoms with Gasteiger partial charge in [-0.25, -0.2) is 4.98 Å². The Balaban J connectivity index is 1.88. The van der Waals surface area contributed by atoms with Crippen LogP contribution in [0.1, 0.15) is 12.8 Å². The highest BCUT2D eigenvalue weighted by Crippen LogP contribution is 2.25. The molecule has 0 spiro atoms. The first-order chi connectivity index (χ1) is 7.66. The lowest BCUT2D eigenvalue weighted by atomic mass is 10.4. The SMILES string of the molecule is CN(CCNC1CC1)c1ncc(Br)cc1Cl. The number of hydrogen-bond donors (Lipinski definition) is 1. The molecule has 1 N–H and O–H groups in total. The van der Waals surface area contributed by atoms with Crippen molar-refractivity contribution in [3.05, 3.63) is 21.8 Å². The first kappa shape index (κ1) is 12.1. The second kappa shape index (κ2) is 5.34. The number of pyridine rings is 1. The van der Waals surface area contributed by atoms with Gasteiger partial charge in [0.15, 0.2) is 0 Å². The van der Waals surface area contributed by atoms with Crippen LogP contribution in [0.3, 0.4) is 0 Å². The molecule has 0 amide bonds. The van der Waals surface area contributed by atoms with Crippen molar-refractivity contribution in [1.29, 1.82) is 0 Å². The Morgan fingerprint density at radius 3 is 3.00 bits per heavy atom. The van der Waals surface area contributed by atoms with Crippen LogP contribution in [-0.4, -0.2) is 31.2 Å². The van der Waals surface area contributed by atoms with Crippen molar-refractivity contribution in [3.63, 3.8) is 0 Å². The molecule has 1 aromatic heterocycles. The summed E-state index contributed by atoms with van der Waals surface area (Å²) in [5.41, 5.74) is 0. The number of rotatable bonds is 5. The first-order valence-corrected chi connectivity index (χ1v) is 6.59. The Labute approximate surface area is 109 Å². The summed E-state index contributed by atoms with van der Waals surface area (Å²) >= 11 is 9.47. The maximum Gasteiger partial charge on any atom is 0.147 e. The fourth-order valence-corrected chi connectivity index (χ4v) is 2.29. The van der Waals surface area contributed by atoms with Gasteiger partial charge in [-0.1, -0.05) is 11.6 Å². The number of aromatic nitrogens is 1. The van der Waals surface area contributed by atoms with Crippen LogP contribution in [0.4, 0.5) is 5.82 Å². The van der Waals surface area contributed by atoms with Gasteiger partial charge in [-0.2, -0.15) is 0 Å². The fraction of sp³-hybridized carbons (Fsp3) is 0.545. The van der Waals surface area contributed by atoms with Gasteiger partial charge in [-0.05, 0) is 34.8 Å². The number of nitrogens with zero attached hydrogens (tertiary/aromatic N) is 2. The normalized spacial score (nSPS) is 15.2. The summed E-state index contributed by atoms with van der Waals surface area (Å²) in [5.74, 6) is 0.836. The van der Waals surface area contributed by atoms with Crippen molar-refractivity contribution in [2.75, 3.05) is 25.0 Å². The van der Waals surface area contributed by atoms with Gasteiger partial charge in [0.05, 0.1) is 5.02 Å². The van der Waals surface area contributed by atoms with E-state index in [1.54, 1.807) is 6.20 Å². The zero-order valence-electron chi connectivity index (χ0n) is 9.21. The summed E-state index contributed by atoms with van der Waals surface area (Å²) in [7, 11) is 2.01. The molecule has 1 saturated carbocycles. The van der Waals surface area contributed by atoms with Crippen molar-refractivity contribution in [3.8, 4) is 0 Å². The summed E-state index contributed by atoms with van der Waals surface area (Å²) < 4.78 is 0.908. The van der Waals surface area contributed by atoms with Gasteiger partial charge in [-0.3, -0.25) is 0 Å². The smallest absolute Gasteiger partial charge is 0.147 e. The van der Waals surface area contributed by atoms with Gasteiger partial charge in [0.1, 0.15) is 5.82 Å². The van der Waals surface area contributed by atoms with Crippen molar-refractivity contribution >= 4 is 33.3 Å². The van der Waals surface area contributed by atoms with E-state index >= 15 is 0 Å². The zero-order chi connectivity index (χ0) is 11.5. The predicted octanol–water partition coefficient (Wildman–Crippen LogP) is 2.69. The molecule has 0 aliphatic heterocycles. The molecule has 1 fully saturated rings. The van der Waals surface area contributed by atoms with E-state index in [2.05, 4.69) is 31.1 Å². The van der Waals surface area contributed by atoms with Crippen LogP contribution in [0.5, 0.6) is 0 Å². The van der Waals surface area contributed by atoms with Crippen LogP contribution in [0.2, 0.25) is 5.02 Å². The molecule has 0 saturated heterocycles. The number of hydrogen-bond acceptors (Lipinski definition) is 3. The second-order valence-corrected chi connectivity index (χ2v) is 5.43. The molecule has 0 atom stereocenters. The molecule has 16 heavy (non-hydrogen) atoms. The third-order valence-electron chi connectivity index (χ3n) is 2.61. The van der Waals surface area contributed by atoms with Crippen molar-refractivity contribution in [2.45, 2.75) is 18.9 Å².